The Morgan fingerprint density at radius 1 is 1.22 bits per heavy atom. The van der Waals surface area contributed by atoms with E-state index in [1.807, 2.05) is 12.3 Å². The van der Waals surface area contributed by atoms with Crippen LogP contribution in [0.2, 0.25) is 0 Å². The van der Waals surface area contributed by atoms with Gasteiger partial charge in [-0.05, 0) is 50.5 Å². The van der Waals surface area contributed by atoms with Crippen molar-refractivity contribution >= 4 is 22.6 Å². The summed E-state index contributed by atoms with van der Waals surface area (Å²) in [6.45, 7) is 11.7. The number of carbonyl (C=O) groups is 1. The van der Waals surface area contributed by atoms with E-state index in [0.29, 0.717) is 23.7 Å². The number of nitrogens with one attached hydrogen (secondary N) is 1. The number of ether oxygens (including phenoxy) is 1. The van der Waals surface area contributed by atoms with Gasteiger partial charge in [0.25, 0.3) is 0 Å². The van der Waals surface area contributed by atoms with Crippen molar-refractivity contribution in [3.05, 3.63) is 47.4 Å². The Balaban J connectivity index is 1.60. The normalized spacial score (nSPS) is 19.6. The number of hydrogen-bond acceptors (Lipinski definition) is 5. The number of hydrogen-bond donors (Lipinski definition) is 1. The summed E-state index contributed by atoms with van der Waals surface area (Å²) in [5.41, 5.74) is 4.60. The molecule has 2 aliphatic heterocycles. The molecule has 0 saturated carbocycles. The first-order valence-electron chi connectivity index (χ1n) is 11.5. The second kappa shape index (κ2) is 8.30. The van der Waals surface area contributed by atoms with Gasteiger partial charge in [0.15, 0.2) is 0 Å². The molecule has 1 N–H and O–H groups in total. The lowest BCUT2D eigenvalue weighted by atomic mass is 9.90. The fraction of sp³-hybridized carbons (Fsp3) is 0.480. The van der Waals surface area contributed by atoms with Crippen LogP contribution in [0.15, 0.2) is 30.6 Å². The number of fused-ring (bicyclic) bond motifs is 1. The minimum Gasteiger partial charge on any atom is -0.381 e. The number of rotatable bonds is 5. The third-order valence-corrected chi connectivity index (χ3v) is 6.68. The Labute approximate surface area is 188 Å². The van der Waals surface area contributed by atoms with Crippen molar-refractivity contribution in [2.75, 3.05) is 31.6 Å². The Bertz CT molecular complexity index is 1160. The van der Waals surface area contributed by atoms with E-state index in [0.717, 1.165) is 55.1 Å². The number of aryl methyl sites for hydroxylation is 1. The van der Waals surface area contributed by atoms with Crippen LogP contribution < -0.4 is 5.32 Å². The van der Waals surface area contributed by atoms with Crippen LogP contribution >= 0.6 is 0 Å². The highest BCUT2D eigenvalue weighted by atomic mass is 16.5. The minimum atomic E-state index is -0.126. The first-order chi connectivity index (χ1) is 15.4. The fourth-order valence-electron chi connectivity index (χ4n) is 4.81. The molecule has 0 radical (unpaired) electrons. The van der Waals surface area contributed by atoms with Gasteiger partial charge in [-0.1, -0.05) is 0 Å². The molecule has 32 heavy (non-hydrogen) atoms. The SMILES string of the molecule is CC(=O)Nc1cc2c(cn1)c(C1CN(C(C)C)C1)cn2-c1cc(C)cc(C2CCOC2)n1. The van der Waals surface area contributed by atoms with Crippen LogP contribution in [0.3, 0.4) is 0 Å². The number of carbonyl (C=O) groups excluding carboxylic acids is 1. The summed E-state index contributed by atoms with van der Waals surface area (Å²) in [4.78, 5) is 23.7. The summed E-state index contributed by atoms with van der Waals surface area (Å²) >= 11 is 0. The standard InChI is InChI=1S/C25H31N5O2/c1-15(2)29-11-19(12-29)21-13-30(23-9-24(27-17(4)31)26-10-20(21)23)25-8-16(3)7-22(28-25)18-5-6-32-14-18/h7-10,13,15,18-19H,5-6,11-12,14H2,1-4H3,(H,26,27,31). The molecule has 5 heterocycles. The molecule has 7 nitrogen and oxygen atoms in total. The molecule has 0 aromatic carbocycles. The number of nitrogens with zero attached hydrogens (tertiary/aromatic N) is 4. The van der Waals surface area contributed by atoms with E-state index in [1.54, 1.807) is 0 Å². The topological polar surface area (TPSA) is 72.3 Å². The largest absolute Gasteiger partial charge is 0.381 e. The van der Waals surface area contributed by atoms with E-state index in [9.17, 15) is 4.79 Å². The summed E-state index contributed by atoms with van der Waals surface area (Å²) in [7, 11) is 0. The van der Waals surface area contributed by atoms with Crippen LogP contribution in [0.25, 0.3) is 16.7 Å². The zero-order chi connectivity index (χ0) is 22.4. The zero-order valence-corrected chi connectivity index (χ0v) is 19.3. The van der Waals surface area contributed by atoms with E-state index < -0.39 is 0 Å². The van der Waals surface area contributed by atoms with Gasteiger partial charge >= 0.3 is 0 Å². The molecule has 2 fully saturated rings. The molecule has 3 aromatic heterocycles. The van der Waals surface area contributed by atoms with Gasteiger partial charge in [0.1, 0.15) is 11.6 Å². The van der Waals surface area contributed by atoms with Crippen LogP contribution in [0, 0.1) is 6.92 Å². The van der Waals surface area contributed by atoms with E-state index in [4.69, 9.17) is 9.72 Å². The van der Waals surface area contributed by atoms with Gasteiger partial charge in [0, 0.05) is 74.0 Å². The molecule has 2 saturated heterocycles. The summed E-state index contributed by atoms with van der Waals surface area (Å²) in [6, 6.07) is 6.81. The Morgan fingerprint density at radius 3 is 2.72 bits per heavy atom. The van der Waals surface area contributed by atoms with Gasteiger partial charge in [-0.3, -0.25) is 9.69 Å². The van der Waals surface area contributed by atoms with Gasteiger partial charge < -0.3 is 14.6 Å². The summed E-state index contributed by atoms with van der Waals surface area (Å²) in [6.07, 6.45) is 5.13. The molecule has 0 aliphatic carbocycles. The molecule has 7 heteroatoms. The Hall–Kier alpha value is -2.77. The first kappa shape index (κ1) is 21.1. The van der Waals surface area contributed by atoms with Crippen LogP contribution in [0.4, 0.5) is 5.82 Å². The molecule has 1 atom stereocenters. The number of amides is 1. The summed E-state index contributed by atoms with van der Waals surface area (Å²) < 4.78 is 7.78. The van der Waals surface area contributed by atoms with E-state index in [2.05, 4.69) is 58.9 Å². The quantitative estimate of drug-likeness (QED) is 0.659. The Morgan fingerprint density at radius 2 is 2.03 bits per heavy atom. The smallest absolute Gasteiger partial charge is 0.222 e. The highest BCUT2D eigenvalue weighted by molar-refractivity contribution is 5.92. The van der Waals surface area contributed by atoms with Gasteiger partial charge in [-0.2, -0.15) is 0 Å². The van der Waals surface area contributed by atoms with Gasteiger partial charge in [-0.15, -0.1) is 0 Å². The molecule has 5 rings (SSSR count). The molecular formula is C25H31N5O2. The first-order valence-corrected chi connectivity index (χ1v) is 11.5. The number of pyridine rings is 2. The van der Waals surface area contributed by atoms with Crippen molar-refractivity contribution in [1.29, 1.82) is 0 Å². The summed E-state index contributed by atoms with van der Waals surface area (Å²) in [5, 5.41) is 3.95. The third-order valence-electron chi connectivity index (χ3n) is 6.68. The fourth-order valence-corrected chi connectivity index (χ4v) is 4.81. The lowest BCUT2D eigenvalue weighted by Crippen LogP contribution is -2.48. The van der Waals surface area contributed by atoms with Crippen molar-refractivity contribution < 1.29 is 9.53 Å². The molecule has 1 unspecified atom stereocenters. The Kier molecular flexibility index (Phi) is 5.47. The van der Waals surface area contributed by atoms with Crippen LogP contribution in [-0.2, 0) is 9.53 Å². The molecule has 168 valence electrons. The molecular weight excluding hydrogens is 402 g/mol. The maximum Gasteiger partial charge on any atom is 0.222 e. The lowest BCUT2D eigenvalue weighted by Gasteiger charge is -2.42. The van der Waals surface area contributed by atoms with Crippen molar-refractivity contribution in [3.8, 4) is 5.82 Å². The predicted octanol–water partition coefficient (Wildman–Crippen LogP) is 4.00. The molecule has 1 amide bonds. The highest BCUT2D eigenvalue weighted by Crippen LogP contribution is 2.36. The van der Waals surface area contributed by atoms with Crippen LogP contribution in [-0.4, -0.2) is 57.7 Å². The maximum absolute atomic E-state index is 11.6. The number of likely N-dealkylation sites (tertiary alicyclic amines) is 1. The number of anilines is 1. The average molecular weight is 434 g/mol. The maximum atomic E-state index is 11.6. The second-order valence-corrected chi connectivity index (χ2v) is 9.45. The van der Waals surface area contributed by atoms with Crippen molar-refractivity contribution in [3.63, 3.8) is 0 Å². The highest BCUT2D eigenvalue weighted by Gasteiger charge is 2.32. The van der Waals surface area contributed by atoms with Gasteiger partial charge in [0.05, 0.1) is 12.1 Å². The van der Waals surface area contributed by atoms with Crippen LogP contribution in [0.5, 0.6) is 0 Å². The molecule has 3 aromatic rings. The third kappa shape index (κ3) is 3.91. The van der Waals surface area contributed by atoms with Crippen LogP contribution in [0.1, 0.15) is 55.8 Å². The van der Waals surface area contributed by atoms with E-state index in [-0.39, 0.29) is 5.91 Å². The van der Waals surface area contributed by atoms with E-state index >= 15 is 0 Å². The monoisotopic (exact) mass is 433 g/mol. The van der Waals surface area contributed by atoms with Crippen molar-refractivity contribution in [1.82, 2.24) is 19.4 Å². The molecule has 0 spiro atoms. The summed E-state index contributed by atoms with van der Waals surface area (Å²) in [5.74, 6) is 2.16. The predicted molar refractivity (Wildman–Crippen MR) is 126 cm³/mol. The van der Waals surface area contributed by atoms with Gasteiger partial charge in [0.2, 0.25) is 5.91 Å². The average Bonchev–Trinajstić information content (AvgIpc) is 3.34. The zero-order valence-electron chi connectivity index (χ0n) is 19.3. The van der Waals surface area contributed by atoms with E-state index in [1.165, 1.54) is 18.1 Å². The number of aromatic nitrogens is 3. The minimum absolute atomic E-state index is 0.126. The van der Waals surface area contributed by atoms with Crippen molar-refractivity contribution in [2.24, 2.45) is 0 Å². The van der Waals surface area contributed by atoms with Crippen molar-refractivity contribution in [2.45, 2.75) is 52.0 Å². The molecule has 0 bridgehead atoms. The second-order valence-electron chi connectivity index (χ2n) is 9.45. The molecule has 2 aliphatic rings. The van der Waals surface area contributed by atoms with Gasteiger partial charge in [-0.25, -0.2) is 9.97 Å². The lowest BCUT2D eigenvalue weighted by molar-refractivity contribution is -0.114.